The monoisotopic (exact) mass is 277 g/mol. The van der Waals surface area contributed by atoms with Crippen LogP contribution in [0.3, 0.4) is 0 Å². The predicted octanol–water partition coefficient (Wildman–Crippen LogP) is 4.51. The molecule has 2 unspecified atom stereocenters. The average Bonchev–Trinajstić information content (AvgIpc) is 2.97. The van der Waals surface area contributed by atoms with E-state index >= 15 is 0 Å². The van der Waals surface area contributed by atoms with Gasteiger partial charge in [0.1, 0.15) is 0 Å². The first-order chi connectivity index (χ1) is 9.35. The van der Waals surface area contributed by atoms with Gasteiger partial charge in [0.15, 0.2) is 0 Å². The third-order valence-corrected chi connectivity index (χ3v) is 5.56. The Morgan fingerprint density at radius 2 is 1.95 bits per heavy atom. The van der Waals surface area contributed by atoms with Crippen molar-refractivity contribution in [3.63, 3.8) is 0 Å². The largest absolute Gasteiger partial charge is 0.309 e. The number of nitrogens with one attached hydrogen (secondary N) is 1. The van der Waals surface area contributed by atoms with Gasteiger partial charge >= 0.3 is 0 Å². The van der Waals surface area contributed by atoms with E-state index in [0.717, 1.165) is 11.8 Å². The van der Waals surface area contributed by atoms with Crippen molar-refractivity contribution in [1.29, 1.82) is 0 Å². The van der Waals surface area contributed by atoms with Crippen molar-refractivity contribution in [3.05, 3.63) is 35.9 Å². The van der Waals surface area contributed by atoms with E-state index in [1.807, 2.05) is 0 Å². The van der Waals surface area contributed by atoms with Gasteiger partial charge in [0.05, 0.1) is 0 Å². The van der Waals surface area contributed by atoms with Crippen molar-refractivity contribution in [2.24, 2.45) is 11.8 Å². The summed E-state index contributed by atoms with van der Waals surface area (Å²) in [6.07, 6.45) is 3.90. The van der Waals surface area contributed by atoms with E-state index in [1.54, 1.807) is 0 Å². The van der Waals surface area contributed by atoms with Crippen LogP contribution in [0.15, 0.2) is 30.3 Å². The maximum Gasteiger partial charge on any atom is 0.0348 e. The molecule has 0 spiro atoms. The number of thioether (sulfide) groups is 1. The maximum atomic E-state index is 3.87. The molecule has 1 N–H and O–H groups in total. The molecular weight excluding hydrogens is 250 g/mol. The standard InChI is InChI=1S/C17H27NS/c1-3-15(4-2)17(16-8-6-5-7-9-16)18-12-14-10-11-19-13-14/h5-9,14-15,17-18H,3-4,10-13H2,1-2H3. The number of benzene rings is 1. The summed E-state index contributed by atoms with van der Waals surface area (Å²) in [6.45, 7) is 5.82. The first-order valence-electron chi connectivity index (χ1n) is 7.71. The minimum absolute atomic E-state index is 0.529. The second-order valence-corrected chi connectivity index (χ2v) is 6.75. The van der Waals surface area contributed by atoms with Crippen molar-refractivity contribution in [2.45, 2.75) is 39.2 Å². The van der Waals surface area contributed by atoms with E-state index in [4.69, 9.17) is 0 Å². The molecule has 2 heteroatoms. The lowest BCUT2D eigenvalue weighted by molar-refractivity contribution is 0.325. The van der Waals surface area contributed by atoms with Gasteiger partial charge in [-0.05, 0) is 41.9 Å². The van der Waals surface area contributed by atoms with Crippen molar-refractivity contribution in [1.82, 2.24) is 5.32 Å². The fourth-order valence-corrected chi connectivity index (χ4v) is 4.30. The summed E-state index contributed by atoms with van der Waals surface area (Å²) in [5.41, 5.74) is 1.46. The second-order valence-electron chi connectivity index (χ2n) is 5.60. The van der Waals surface area contributed by atoms with Crippen LogP contribution in [0, 0.1) is 11.8 Å². The smallest absolute Gasteiger partial charge is 0.0348 e. The Labute approximate surface area is 122 Å². The van der Waals surface area contributed by atoms with Gasteiger partial charge in [-0.2, -0.15) is 11.8 Å². The molecule has 1 aromatic rings. The van der Waals surface area contributed by atoms with Crippen LogP contribution >= 0.6 is 11.8 Å². The molecule has 0 amide bonds. The zero-order chi connectivity index (χ0) is 13.5. The molecule has 1 aliphatic heterocycles. The highest BCUT2D eigenvalue weighted by Crippen LogP contribution is 2.29. The van der Waals surface area contributed by atoms with Gasteiger partial charge in [-0.15, -0.1) is 0 Å². The van der Waals surface area contributed by atoms with Crippen molar-refractivity contribution < 1.29 is 0 Å². The second kappa shape index (κ2) is 7.96. The summed E-state index contributed by atoms with van der Waals surface area (Å²) < 4.78 is 0. The van der Waals surface area contributed by atoms with E-state index < -0.39 is 0 Å². The van der Waals surface area contributed by atoms with Gasteiger partial charge in [-0.1, -0.05) is 57.0 Å². The Bertz CT molecular complexity index is 342. The summed E-state index contributed by atoms with van der Waals surface area (Å²) >= 11 is 2.11. The van der Waals surface area contributed by atoms with Crippen molar-refractivity contribution in [3.8, 4) is 0 Å². The van der Waals surface area contributed by atoms with Crippen LogP contribution in [0.5, 0.6) is 0 Å². The molecule has 0 aliphatic carbocycles. The fraction of sp³-hybridized carbons (Fsp3) is 0.647. The van der Waals surface area contributed by atoms with Crippen LogP contribution in [0.25, 0.3) is 0 Å². The van der Waals surface area contributed by atoms with Gasteiger partial charge in [0, 0.05) is 6.04 Å². The highest BCUT2D eigenvalue weighted by Gasteiger charge is 2.22. The zero-order valence-electron chi connectivity index (χ0n) is 12.3. The third kappa shape index (κ3) is 4.25. The van der Waals surface area contributed by atoms with Crippen molar-refractivity contribution >= 4 is 11.8 Å². The fourth-order valence-electron chi connectivity index (χ4n) is 3.02. The first kappa shape index (κ1) is 14.9. The first-order valence-corrected chi connectivity index (χ1v) is 8.86. The van der Waals surface area contributed by atoms with Crippen LogP contribution < -0.4 is 5.32 Å². The zero-order valence-corrected chi connectivity index (χ0v) is 13.1. The molecule has 1 aliphatic rings. The Hall–Kier alpha value is -0.470. The maximum absolute atomic E-state index is 3.87. The lowest BCUT2D eigenvalue weighted by Gasteiger charge is -2.28. The lowest BCUT2D eigenvalue weighted by atomic mass is 9.88. The molecule has 2 rings (SSSR count). The summed E-state index contributed by atoms with van der Waals surface area (Å²) in [4.78, 5) is 0. The summed E-state index contributed by atoms with van der Waals surface area (Å²) in [6, 6.07) is 11.5. The van der Waals surface area contributed by atoms with Crippen LogP contribution in [0.1, 0.15) is 44.7 Å². The van der Waals surface area contributed by atoms with E-state index in [9.17, 15) is 0 Å². The highest BCUT2D eigenvalue weighted by atomic mass is 32.2. The molecule has 0 bridgehead atoms. The molecule has 1 saturated heterocycles. The van der Waals surface area contributed by atoms with Crippen molar-refractivity contribution in [2.75, 3.05) is 18.1 Å². The van der Waals surface area contributed by atoms with E-state index in [0.29, 0.717) is 6.04 Å². The van der Waals surface area contributed by atoms with Crippen LogP contribution in [-0.2, 0) is 0 Å². The Balaban J connectivity index is 2.01. The Morgan fingerprint density at radius 3 is 2.53 bits per heavy atom. The highest BCUT2D eigenvalue weighted by molar-refractivity contribution is 7.99. The molecule has 1 fully saturated rings. The number of hydrogen-bond donors (Lipinski definition) is 1. The van der Waals surface area contributed by atoms with Gasteiger partial charge < -0.3 is 5.32 Å². The number of rotatable bonds is 7. The number of hydrogen-bond acceptors (Lipinski definition) is 2. The summed E-state index contributed by atoms with van der Waals surface area (Å²) in [7, 11) is 0. The lowest BCUT2D eigenvalue weighted by Crippen LogP contribution is -2.32. The van der Waals surface area contributed by atoms with E-state index in [-0.39, 0.29) is 0 Å². The summed E-state index contributed by atoms with van der Waals surface area (Å²) in [5, 5.41) is 3.87. The molecule has 0 saturated carbocycles. The van der Waals surface area contributed by atoms with Crippen LogP contribution in [-0.4, -0.2) is 18.1 Å². The molecule has 2 atom stereocenters. The quantitative estimate of drug-likeness (QED) is 0.787. The van der Waals surface area contributed by atoms with Gasteiger partial charge in [-0.3, -0.25) is 0 Å². The van der Waals surface area contributed by atoms with E-state index in [1.165, 1.54) is 42.9 Å². The normalized spacial score (nSPS) is 20.9. The average molecular weight is 277 g/mol. The molecule has 19 heavy (non-hydrogen) atoms. The minimum Gasteiger partial charge on any atom is -0.309 e. The molecule has 0 radical (unpaired) electrons. The Morgan fingerprint density at radius 1 is 1.21 bits per heavy atom. The van der Waals surface area contributed by atoms with Gasteiger partial charge in [0.2, 0.25) is 0 Å². The molecule has 106 valence electrons. The predicted molar refractivity (Wildman–Crippen MR) is 86.7 cm³/mol. The minimum atomic E-state index is 0.529. The SMILES string of the molecule is CCC(CC)C(NCC1CCSC1)c1ccccc1. The van der Waals surface area contributed by atoms with Crippen LogP contribution in [0.2, 0.25) is 0 Å². The Kier molecular flexibility index (Phi) is 6.25. The molecular formula is C17H27NS. The van der Waals surface area contributed by atoms with Gasteiger partial charge in [-0.25, -0.2) is 0 Å². The topological polar surface area (TPSA) is 12.0 Å². The van der Waals surface area contributed by atoms with E-state index in [2.05, 4.69) is 61.3 Å². The third-order valence-electron chi connectivity index (χ3n) is 4.33. The molecule has 1 nitrogen and oxygen atoms in total. The van der Waals surface area contributed by atoms with Gasteiger partial charge in [0.25, 0.3) is 0 Å². The molecule has 1 heterocycles. The molecule has 0 aromatic heterocycles. The summed E-state index contributed by atoms with van der Waals surface area (Å²) in [5.74, 6) is 4.33. The molecule has 1 aromatic carbocycles. The van der Waals surface area contributed by atoms with Crippen LogP contribution in [0.4, 0.5) is 0 Å².